The fourth-order valence-electron chi connectivity index (χ4n) is 2.60. The molecule has 1 fully saturated rings. The summed E-state index contributed by atoms with van der Waals surface area (Å²) in [6.07, 6.45) is 0.848. The van der Waals surface area contributed by atoms with E-state index >= 15 is 0 Å². The molecule has 6 heteroatoms. The smallest absolute Gasteiger partial charge is 0.243 e. The van der Waals surface area contributed by atoms with Gasteiger partial charge >= 0.3 is 0 Å². The van der Waals surface area contributed by atoms with Crippen molar-refractivity contribution in [2.75, 3.05) is 18.8 Å². The molecule has 0 amide bonds. The van der Waals surface area contributed by atoms with Crippen LogP contribution in [0.5, 0.6) is 0 Å². The molecule has 0 saturated carbocycles. The van der Waals surface area contributed by atoms with Gasteiger partial charge in [-0.25, -0.2) is 12.8 Å². The van der Waals surface area contributed by atoms with Crippen LogP contribution in [0.1, 0.15) is 25.8 Å². The van der Waals surface area contributed by atoms with Gasteiger partial charge in [0, 0.05) is 24.3 Å². The third-order valence-electron chi connectivity index (χ3n) is 4.07. The van der Waals surface area contributed by atoms with Crippen LogP contribution in [0.4, 0.5) is 10.1 Å². The molecule has 0 aromatic heterocycles. The number of nitrogen functional groups attached to an aromatic ring is 1. The molecule has 2 N–H and O–H groups in total. The van der Waals surface area contributed by atoms with E-state index in [4.69, 9.17) is 5.73 Å². The van der Waals surface area contributed by atoms with Crippen molar-refractivity contribution in [2.24, 2.45) is 11.8 Å². The third-order valence-corrected chi connectivity index (χ3v) is 6.06. The summed E-state index contributed by atoms with van der Waals surface area (Å²) in [6.45, 7) is 6.63. The van der Waals surface area contributed by atoms with Crippen LogP contribution in [0.15, 0.2) is 17.0 Å². The van der Waals surface area contributed by atoms with Gasteiger partial charge in [-0.1, -0.05) is 13.8 Å². The molecule has 1 aliphatic rings. The molecule has 1 aromatic carbocycles. The second-order valence-electron chi connectivity index (χ2n) is 5.78. The summed E-state index contributed by atoms with van der Waals surface area (Å²) in [5.41, 5.74) is 5.84. The number of nitrogens with two attached hydrogens (primary N) is 1. The van der Waals surface area contributed by atoms with Gasteiger partial charge in [-0.15, -0.1) is 0 Å². The third kappa shape index (κ3) is 2.67. The maximum atomic E-state index is 13.7. The van der Waals surface area contributed by atoms with Crippen molar-refractivity contribution in [3.05, 3.63) is 23.5 Å². The Morgan fingerprint density at radius 1 is 1.40 bits per heavy atom. The zero-order chi connectivity index (χ0) is 15.1. The maximum Gasteiger partial charge on any atom is 0.243 e. The fourth-order valence-corrected chi connectivity index (χ4v) is 4.38. The van der Waals surface area contributed by atoms with Gasteiger partial charge in [0.25, 0.3) is 0 Å². The average molecular weight is 300 g/mol. The molecule has 112 valence electrons. The van der Waals surface area contributed by atoms with Crippen LogP contribution in [-0.2, 0) is 10.0 Å². The summed E-state index contributed by atoms with van der Waals surface area (Å²) in [5.74, 6) is 0.216. The molecule has 20 heavy (non-hydrogen) atoms. The lowest BCUT2D eigenvalue weighted by Crippen LogP contribution is -2.30. The number of anilines is 1. The monoisotopic (exact) mass is 300 g/mol. The average Bonchev–Trinajstić information content (AvgIpc) is 2.83. The Kier molecular flexibility index (Phi) is 4.07. The van der Waals surface area contributed by atoms with Gasteiger partial charge in [-0.05, 0) is 37.3 Å². The highest BCUT2D eigenvalue weighted by molar-refractivity contribution is 7.89. The molecule has 0 bridgehead atoms. The number of benzene rings is 1. The van der Waals surface area contributed by atoms with E-state index < -0.39 is 15.8 Å². The largest absolute Gasteiger partial charge is 0.399 e. The van der Waals surface area contributed by atoms with E-state index in [1.807, 2.05) is 0 Å². The topological polar surface area (TPSA) is 63.4 Å². The lowest BCUT2D eigenvalue weighted by molar-refractivity contribution is 0.388. The van der Waals surface area contributed by atoms with Crippen molar-refractivity contribution in [1.29, 1.82) is 0 Å². The van der Waals surface area contributed by atoms with E-state index in [2.05, 4.69) is 13.8 Å². The first-order chi connectivity index (χ1) is 9.23. The predicted molar refractivity (Wildman–Crippen MR) is 77.3 cm³/mol. The Labute approximate surface area is 119 Å². The van der Waals surface area contributed by atoms with Crippen molar-refractivity contribution in [3.8, 4) is 0 Å². The number of halogens is 1. The molecule has 0 radical (unpaired) electrons. The molecule has 1 atom stereocenters. The molecule has 4 nitrogen and oxygen atoms in total. The van der Waals surface area contributed by atoms with Crippen molar-refractivity contribution in [1.82, 2.24) is 4.31 Å². The van der Waals surface area contributed by atoms with Crippen LogP contribution in [0.25, 0.3) is 0 Å². The summed E-state index contributed by atoms with van der Waals surface area (Å²) >= 11 is 0. The van der Waals surface area contributed by atoms with Crippen LogP contribution >= 0.6 is 0 Å². The zero-order valence-corrected chi connectivity index (χ0v) is 12.9. The molecule has 1 saturated heterocycles. The Balaban J connectivity index is 2.37. The normalized spacial score (nSPS) is 20.8. The Hall–Kier alpha value is -1.14. The number of hydrogen-bond acceptors (Lipinski definition) is 3. The highest BCUT2D eigenvalue weighted by atomic mass is 32.2. The van der Waals surface area contributed by atoms with Crippen LogP contribution in [0.3, 0.4) is 0 Å². The molecule has 1 aromatic rings. The minimum absolute atomic E-state index is 0.0144. The highest BCUT2D eigenvalue weighted by Crippen LogP contribution is 2.31. The summed E-state index contributed by atoms with van der Waals surface area (Å²) in [7, 11) is -3.67. The molecule has 1 aliphatic heterocycles. The van der Waals surface area contributed by atoms with Gasteiger partial charge in [-0.3, -0.25) is 0 Å². The molecule has 1 heterocycles. The van der Waals surface area contributed by atoms with Crippen LogP contribution < -0.4 is 5.73 Å². The first kappa shape index (κ1) is 15.3. The molecule has 2 rings (SSSR count). The van der Waals surface area contributed by atoms with Gasteiger partial charge in [0.2, 0.25) is 10.0 Å². The van der Waals surface area contributed by atoms with E-state index in [1.165, 1.54) is 17.3 Å². The first-order valence-electron chi connectivity index (χ1n) is 6.79. The van der Waals surface area contributed by atoms with Gasteiger partial charge in [0.1, 0.15) is 5.82 Å². The van der Waals surface area contributed by atoms with Gasteiger partial charge < -0.3 is 5.73 Å². The predicted octanol–water partition coefficient (Wildman–Crippen LogP) is 2.38. The number of hydrogen-bond donors (Lipinski definition) is 1. The van der Waals surface area contributed by atoms with Crippen molar-refractivity contribution in [2.45, 2.75) is 32.1 Å². The van der Waals surface area contributed by atoms with Gasteiger partial charge in [0.05, 0.1) is 4.90 Å². The van der Waals surface area contributed by atoms with E-state index in [1.54, 1.807) is 0 Å². The van der Waals surface area contributed by atoms with Crippen molar-refractivity contribution in [3.63, 3.8) is 0 Å². The SMILES string of the molecule is Cc1c(F)cc(N)cc1S(=O)(=O)N1CCC(C(C)C)C1. The Morgan fingerprint density at radius 3 is 2.60 bits per heavy atom. The quantitative estimate of drug-likeness (QED) is 0.872. The summed E-state index contributed by atoms with van der Waals surface area (Å²) in [6, 6.07) is 2.49. The minimum Gasteiger partial charge on any atom is -0.399 e. The highest BCUT2D eigenvalue weighted by Gasteiger charge is 2.35. The molecular formula is C14H21FN2O2S. The van der Waals surface area contributed by atoms with Gasteiger partial charge in [-0.2, -0.15) is 4.31 Å². The minimum atomic E-state index is -3.67. The van der Waals surface area contributed by atoms with Crippen molar-refractivity contribution >= 4 is 15.7 Å². The fraction of sp³-hybridized carbons (Fsp3) is 0.571. The van der Waals surface area contributed by atoms with Gasteiger partial charge in [0.15, 0.2) is 0 Å². The number of rotatable bonds is 3. The second kappa shape index (κ2) is 5.33. The van der Waals surface area contributed by atoms with E-state index in [9.17, 15) is 12.8 Å². The Bertz CT molecular complexity index is 614. The van der Waals surface area contributed by atoms with E-state index in [0.29, 0.717) is 24.9 Å². The zero-order valence-electron chi connectivity index (χ0n) is 12.1. The summed E-state index contributed by atoms with van der Waals surface area (Å²) in [4.78, 5) is -0.0144. The van der Waals surface area contributed by atoms with Crippen molar-refractivity contribution < 1.29 is 12.8 Å². The van der Waals surface area contributed by atoms with Crippen LogP contribution in [0.2, 0.25) is 0 Å². The standard InChI is InChI=1S/C14H21FN2O2S/c1-9(2)11-4-5-17(8-11)20(18,19)14-7-12(16)6-13(15)10(14)3/h6-7,9,11H,4-5,8,16H2,1-3H3. The van der Waals surface area contributed by atoms with E-state index in [-0.39, 0.29) is 16.1 Å². The van der Waals surface area contributed by atoms with E-state index in [0.717, 1.165) is 12.5 Å². The second-order valence-corrected chi connectivity index (χ2v) is 7.69. The first-order valence-corrected chi connectivity index (χ1v) is 8.23. The maximum absolute atomic E-state index is 13.7. The summed E-state index contributed by atoms with van der Waals surface area (Å²) in [5, 5.41) is 0. The number of sulfonamides is 1. The molecule has 0 spiro atoms. The molecule has 1 unspecified atom stereocenters. The van der Waals surface area contributed by atoms with Crippen LogP contribution in [-0.4, -0.2) is 25.8 Å². The molecular weight excluding hydrogens is 279 g/mol. The van der Waals surface area contributed by atoms with Crippen LogP contribution in [0, 0.1) is 24.6 Å². The lowest BCUT2D eigenvalue weighted by atomic mass is 9.96. The number of nitrogens with zero attached hydrogens (tertiary/aromatic N) is 1. The Morgan fingerprint density at radius 2 is 2.05 bits per heavy atom. The molecule has 0 aliphatic carbocycles. The summed E-state index contributed by atoms with van der Waals surface area (Å²) < 4.78 is 40.4. The lowest BCUT2D eigenvalue weighted by Gasteiger charge is -2.19.